The minimum Gasteiger partial charge on any atom is -0.659 e. The van der Waals surface area contributed by atoms with E-state index in [-0.39, 0.29) is 29.5 Å². The van der Waals surface area contributed by atoms with Crippen LogP contribution in [0.15, 0.2) is 198 Å². The first-order valence-corrected chi connectivity index (χ1v) is 24.4. The summed E-state index contributed by atoms with van der Waals surface area (Å²) in [4.78, 5) is 8.28. The van der Waals surface area contributed by atoms with Crippen LogP contribution in [0, 0.1) is 0 Å². The van der Waals surface area contributed by atoms with Gasteiger partial charge in [-0.05, 0) is 129 Å². The van der Waals surface area contributed by atoms with Crippen molar-refractivity contribution in [2.24, 2.45) is 4.99 Å². The van der Waals surface area contributed by atoms with E-state index in [4.69, 9.17) is 10.3 Å². The maximum Gasteiger partial charge on any atom is 0.0655 e. The third-order valence-electron chi connectivity index (χ3n) is 16.1. The molecular formula is C63H51N4-. The Labute approximate surface area is 393 Å². The van der Waals surface area contributed by atoms with Crippen molar-refractivity contribution < 1.29 is 0 Å². The van der Waals surface area contributed by atoms with Crippen LogP contribution >= 0.6 is 0 Å². The van der Waals surface area contributed by atoms with Crippen LogP contribution in [0.1, 0.15) is 113 Å². The highest BCUT2D eigenvalue weighted by Crippen LogP contribution is 2.57. The van der Waals surface area contributed by atoms with Crippen molar-refractivity contribution >= 4 is 45.7 Å². The molecule has 7 aromatic rings. The van der Waals surface area contributed by atoms with Crippen LogP contribution in [-0.2, 0) is 11.8 Å². The zero-order chi connectivity index (χ0) is 44.4. The molecule has 2 aliphatic heterocycles. The fourth-order valence-corrected chi connectivity index (χ4v) is 13.2. The molecule has 67 heavy (non-hydrogen) atoms. The molecule has 4 nitrogen and oxygen atoms in total. The minimum absolute atomic E-state index is 0.00317. The van der Waals surface area contributed by atoms with Crippen molar-refractivity contribution in [3.63, 3.8) is 0 Å². The molecule has 1 aromatic heterocycles. The van der Waals surface area contributed by atoms with E-state index in [0.717, 1.165) is 48.2 Å². The normalized spacial score (nSPS) is 23.2. The number of aromatic nitrogens is 1. The topological polar surface area (TPSA) is 34.6 Å². The van der Waals surface area contributed by atoms with Crippen molar-refractivity contribution in [1.29, 1.82) is 0 Å². The summed E-state index contributed by atoms with van der Waals surface area (Å²) in [5.74, 6) is 0.829. The average Bonchev–Trinajstić information content (AvgIpc) is 3.99. The number of allylic oxidation sites excluding steroid dienone is 8. The van der Waals surface area contributed by atoms with Gasteiger partial charge in [-0.15, -0.1) is 5.69 Å². The second kappa shape index (κ2) is 14.8. The number of rotatable bonds is 5. The Balaban J connectivity index is 0.877. The second-order valence-electron chi connectivity index (χ2n) is 19.9. The third-order valence-corrected chi connectivity index (χ3v) is 16.1. The Morgan fingerprint density at radius 2 is 1.49 bits per heavy atom. The standard InChI is InChI=1S/C63H51N4/c1-63(2)52-28-11-8-23-45(52)51-38-40(34-36-53(51)63)60-50-35-33-39-17-6-7-22-44(39)61(50)65-62(64-60)41-18-14-21-43(37-41)67-55-30-13-10-25-49(55)59-47(27-16-32-57(59)67)46-26-15-31-56-58(46)48-24-9-12-29-54(48)66(56)42-19-4-3-5-20-42/h3-8,10-23,25,27-37,46,49,51,55,62H,9,24,26,38H2,1-2H3/q-1. The molecular weight excluding hydrogens is 813 g/mol. The molecule has 324 valence electrons. The summed E-state index contributed by atoms with van der Waals surface area (Å²) in [6, 6.07) is 49.6. The maximum absolute atomic E-state index is 5.68. The van der Waals surface area contributed by atoms with E-state index in [9.17, 15) is 0 Å². The van der Waals surface area contributed by atoms with Crippen molar-refractivity contribution in [2.45, 2.75) is 74.9 Å². The molecule has 6 aromatic carbocycles. The fourth-order valence-electron chi connectivity index (χ4n) is 13.2. The quantitative estimate of drug-likeness (QED) is 0.170. The first-order chi connectivity index (χ1) is 33.0. The summed E-state index contributed by atoms with van der Waals surface area (Å²) in [5.41, 5.74) is 22.3. The van der Waals surface area contributed by atoms with Gasteiger partial charge in [-0.1, -0.05) is 171 Å². The van der Waals surface area contributed by atoms with E-state index < -0.39 is 0 Å². The summed E-state index contributed by atoms with van der Waals surface area (Å²) in [6.45, 7) is 4.77. The number of aliphatic imine (C=N–C) groups is 1. The molecule has 5 atom stereocenters. The number of hydrogen-bond donors (Lipinski definition) is 0. The van der Waals surface area contributed by atoms with Gasteiger partial charge in [0.05, 0.1) is 11.8 Å². The summed E-state index contributed by atoms with van der Waals surface area (Å²) in [7, 11) is 0. The molecule has 7 aliphatic rings. The lowest BCUT2D eigenvalue weighted by Crippen LogP contribution is -2.28. The molecule has 3 heterocycles. The number of anilines is 2. The Hall–Kier alpha value is -7.43. The van der Waals surface area contributed by atoms with E-state index in [0.29, 0.717) is 5.92 Å². The molecule has 0 spiro atoms. The van der Waals surface area contributed by atoms with Gasteiger partial charge < -0.3 is 14.8 Å². The second-order valence-corrected chi connectivity index (χ2v) is 19.9. The van der Waals surface area contributed by atoms with Gasteiger partial charge in [0.15, 0.2) is 0 Å². The van der Waals surface area contributed by atoms with Gasteiger partial charge in [-0.25, -0.2) is 0 Å². The van der Waals surface area contributed by atoms with Gasteiger partial charge in [0, 0.05) is 57.8 Å². The lowest BCUT2D eigenvalue weighted by molar-refractivity contribution is 0.610. The molecule has 0 radical (unpaired) electrons. The highest BCUT2D eigenvalue weighted by atomic mass is 15.2. The zero-order valence-electron chi connectivity index (χ0n) is 38.0. The molecule has 4 heteroatoms. The largest absolute Gasteiger partial charge is 0.659 e. The lowest BCUT2D eigenvalue weighted by Gasteiger charge is -2.40. The van der Waals surface area contributed by atoms with Crippen LogP contribution in [-0.4, -0.2) is 16.3 Å². The number of hydrogen-bond acceptors (Lipinski definition) is 2. The van der Waals surface area contributed by atoms with Crippen molar-refractivity contribution in [1.82, 2.24) is 4.57 Å². The van der Waals surface area contributed by atoms with E-state index in [1.54, 1.807) is 0 Å². The molecule has 14 rings (SSSR count). The van der Waals surface area contributed by atoms with Gasteiger partial charge in [0.1, 0.15) is 0 Å². The first-order valence-electron chi connectivity index (χ1n) is 24.4. The third kappa shape index (κ3) is 5.75. The smallest absolute Gasteiger partial charge is 0.0655 e. The Morgan fingerprint density at radius 1 is 0.687 bits per heavy atom. The van der Waals surface area contributed by atoms with Crippen molar-refractivity contribution in [2.75, 3.05) is 4.90 Å². The lowest BCUT2D eigenvalue weighted by atomic mass is 9.76. The van der Waals surface area contributed by atoms with E-state index in [1.165, 1.54) is 83.7 Å². The van der Waals surface area contributed by atoms with Gasteiger partial charge in [-0.2, -0.15) is 0 Å². The van der Waals surface area contributed by atoms with Gasteiger partial charge in [0.25, 0.3) is 0 Å². The van der Waals surface area contributed by atoms with Gasteiger partial charge in [-0.3, -0.25) is 4.99 Å². The molecule has 0 saturated heterocycles. The summed E-state index contributed by atoms with van der Waals surface area (Å²) in [6.07, 6.45) is 27.3. The molecule has 0 saturated carbocycles. The molecule has 0 bridgehead atoms. The molecule has 0 amide bonds. The first kappa shape index (κ1) is 38.8. The van der Waals surface area contributed by atoms with Crippen LogP contribution < -0.4 is 4.90 Å². The van der Waals surface area contributed by atoms with Gasteiger partial charge in [0.2, 0.25) is 0 Å². The summed E-state index contributed by atoms with van der Waals surface area (Å²) in [5, 5.41) is 7.95. The van der Waals surface area contributed by atoms with Crippen LogP contribution in [0.2, 0.25) is 0 Å². The Kier molecular flexibility index (Phi) is 8.56. The Bertz CT molecular complexity index is 3460. The Morgan fingerprint density at radius 3 is 2.43 bits per heavy atom. The summed E-state index contributed by atoms with van der Waals surface area (Å²) >= 11 is 0. The van der Waals surface area contributed by atoms with E-state index >= 15 is 0 Å². The number of para-hydroxylation sites is 1. The predicted octanol–water partition coefficient (Wildman–Crippen LogP) is 15.7. The van der Waals surface area contributed by atoms with Crippen molar-refractivity contribution in [3.8, 4) is 5.69 Å². The number of nitrogens with zero attached hydrogens (tertiary/aromatic N) is 4. The maximum atomic E-state index is 5.68. The van der Waals surface area contributed by atoms with Crippen LogP contribution in [0.25, 0.3) is 33.9 Å². The molecule has 0 N–H and O–H groups in total. The zero-order valence-corrected chi connectivity index (χ0v) is 38.0. The number of benzene rings is 6. The van der Waals surface area contributed by atoms with E-state index in [1.807, 2.05) is 0 Å². The number of fused-ring (bicyclic) bond motifs is 12. The monoisotopic (exact) mass is 863 g/mol. The minimum atomic E-state index is -0.390. The van der Waals surface area contributed by atoms with Crippen LogP contribution in [0.3, 0.4) is 0 Å². The highest BCUT2D eigenvalue weighted by Gasteiger charge is 2.44. The van der Waals surface area contributed by atoms with Crippen LogP contribution in [0.5, 0.6) is 0 Å². The fraction of sp³-hybridized carbons (Fsp3) is 0.190. The average molecular weight is 864 g/mol. The highest BCUT2D eigenvalue weighted by molar-refractivity contribution is 6.21. The van der Waals surface area contributed by atoms with E-state index in [2.05, 4.69) is 218 Å². The molecule has 5 aliphatic carbocycles. The van der Waals surface area contributed by atoms with Gasteiger partial charge >= 0.3 is 0 Å². The predicted molar refractivity (Wildman–Crippen MR) is 278 cm³/mol. The van der Waals surface area contributed by atoms with Crippen LogP contribution in [0.4, 0.5) is 17.1 Å². The SMILES string of the molecule is CC1(C)C2=CC=C(C3=NC(c4cccc(N5c6cccc(C7CC=Cc8c7c7c(n8-c8ccccc8)C=CCC7)c6C6C=CC=CC65)c4)[N-]c4c3ccc3ccccc43)CC2c2ccccc21. The molecule has 5 unspecified atom stereocenters. The molecule has 0 fully saturated rings. The summed E-state index contributed by atoms with van der Waals surface area (Å²) < 4.78 is 2.51. The van der Waals surface area contributed by atoms with Crippen molar-refractivity contribution in [3.05, 3.63) is 254 Å².